The quantitative estimate of drug-likeness (QED) is 0.261. The average Bonchev–Trinajstić information content (AvgIpc) is 3.21. The number of hydrogen-bond acceptors (Lipinski definition) is 1. The topological polar surface area (TPSA) is 17.0 Å². The van der Waals surface area contributed by atoms with Crippen molar-refractivity contribution in [1.82, 2.24) is 0 Å². The van der Waals surface area contributed by atoms with Crippen molar-refractivity contribution < 1.29 is 15.8 Å². The second-order valence-corrected chi connectivity index (χ2v) is 9.78. The van der Waals surface area contributed by atoms with Crippen molar-refractivity contribution in [2.75, 3.05) is 0 Å². The molecule has 2 nitrogen and oxygen atoms in total. The normalized spacial score (nSPS) is 15.1. The van der Waals surface area contributed by atoms with E-state index in [0.29, 0.717) is 11.1 Å². The van der Waals surface area contributed by atoms with Gasteiger partial charge < -0.3 is 4.42 Å². The molecule has 0 radical (unpaired) electrons. The molecular formula is C31H32NO+. The number of para-hydroxylation sites is 1. The van der Waals surface area contributed by atoms with E-state index in [1.165, 1.54) is 6.07 Å². The number of benzene rings is 3. The van der Waals surface area contributed by atoms with Crippen LogP contribution in [0.15, 0.2) is 77.3 Å². The molecule has 0 aliphatic carbocycles. The third-order valence-corrected chi connectivity index (χ3v) is 6.01. The largest absolute Gasteiger partial charge is 0.455 e. The van der Waals surface area contributed by atoms with E-state index in [-0.39, 0.29) is 5.56 Å². The Morgan fingerprint density at radius 2 is 1.76 bits per heavy atom. The van der Waals surface area contributed by atoms with Gasteiger partial charge in [-0.2, -0.15) is 0 Å². The number of aryl methyl sites for hydroxylation is 3. The van der Waals surface area contributed by atoms with Gasteiger partial charge in [0.1, 0.15) is 18.2 Å². The molecule has 5 rings (SSSR count). The summed E-state index contributed by atoms with van der Waals surface area (Å²) < 4.78 is 50.5. The minimum Gasteiger partial charge on any atom is -0.455 e. The van der Waals surface area contributed by atoms with E-state index in [1.807, 2.05) is 75.8 Å². The fourth-order valence-electron chi connectivity index (χ4n) is 4.50. The standard InChI is InChI=1S/C31H32NO/c1-20-11-13-26-25-9-7-8-10-28(25)33-30(26)29(20)27-18-23(15-16-32(27)6)24-14-12-22(17-21(24)2)19-31(3,4)5/h7-18H,19H2,1-6H3/q+1/i2D3,19D2. The van der Waals surface area contributed by atoms with Gasteiger partial charge in [0.2, 0.25) is 5.69 Å². The second-order valence-electron chi connectivity index (χ2n) is 9.78. The summed E-state index contributed by atoms with van der Waals surface area (Å²) in [5.41, 5.74) is 5.64. The molecule has 0 spiro atoms. The lowest BCUT2D eigenvalue weighted by Crippen LogP contribution is -2.30. The molecule has 0 saturated carbocycles. The number of furan rings is 1. The highest BCUT2D eigenvalue weighted by Gasteiger charge is 2.21. The predicted octanol–water partition coefficient (Wildman–Crippen LogP) is 7.95. The molecule has 2 heterocycles. The Morgan fingerprint density at radius 1 is 0.939 bits per heavy atom. The van der Waals surface area contributed by atoms with Gasteiger partial charge in [0, 0.05) is 29.8 Å². The predicted molar refractivity (Wildman–Crippen MR) is 138 cm³/mol. The van der Waals surface area contributed by atoms with Gasteiger partial charge in [0.05, 0.1) is 5.56 Å². The first kappa shape index (κ1) is 16.3. The fourth-order valence-corrected chi connectivity index (χ4v) is 4.50. The van der Waals surface area contributed by atoms with Crippen LogP contribution in [0.5, 0.6) is 0 Å². The van der Waals surface area contributed by atoms with Crippen molar-refractivity contribution in [2.24, 2.45) is 12.5 Å². The first-order chi connectivity index (χ1) is 17.7. The van der Waals surface area contributed by atoms with Crippen LogP contribution in [-0.4, -0.2) is 0 Å². The van der Waals surface area contributed by atoms with Gasteiger partial charge in [-0.1, -0.05) is 69.3 Å². The van der Waals surface area contributed by atoms with Crippen molar-refractivity contribution in [2.45, 2.75) is 40.9 Å². The van der Waals surface area contributed by atoms with Gasteiger partial charge >= 0.3 is 0 Å². The Bertz CT molecular complexity index is 1690. The van der Waals surface area contributed by atoms with Crippen molar-refractivity contribution in [3.8, 4) is 22.4 Å². The highest BCUT2D eigenvalue weighted by molar-refractivity contribution is 6.09. The van der Waals surface area contributed by atoms with Crippen LogP contribution < -0.4 is 4.57 Å². The van der Waals surface area contributed by atoms with Crippen LogP contribution in [0, 0.1) is 19.2 Å². The molecule has 2 heteroatoms. The number of hydrogen-bond donors (Lipinski definition) is 0. The van der Waals surface area contributed by atoms with Crippen molar-refractivity contribution in [3.05, 3.63) is 89.6 Å². The Kier molecular flexibility index (Phi) is 3.88. The summed E-state index contributed by atoms with van der Waals surface area (Å²) >= 11 is 0. The molecule has 0 atom stereocenters. The van der Waals surface area contributed by atoms with Crippen molar-refractivity contribution >= 4 is 21.9 Å². The maximum Gasteiger partial charge on any atom is 0.216 e. The number of rotatable bonds is 3. The molecule has 0 fully saturated rings. The van der Waals surface area contributed by atoms with E-state index in [1.54, 1.807) is 12.1 Å². The zero-order valence-corrected chi connectivity index (χ0v) is 19.8. The van der Waals surface area contributed by atoms with Gasteiger partial charge in [-0.3, -0.25) is 0 Å². The van der Waals surface area contributed by atoms with Crippen LogP contribution in [0.1, 0.15) is 44.3 Å². The maximum absolute atomic E-state index is 8.69. The second kappa shape index (κ2) is 7.88. The summed E-state index contributed by atoms with van der Waals surface area (Å²) in [5, 5.41) is 2.08. The Morgan fingerprint density at radius 3 is 2.55 bits per heavy atom. The Labute approximate surface area is 203 Å². The van der Waals surface area contributed by atoms with Gasteiger partial charge in [-0.15, -0.1) is 0 Å². The smallest absolute Gasteiger partial charge is 0.216 e. The van der Waals surface area contributed by atoms with Crippen molar-refractivity contribution in [1.29, 1.82) is 0 Å². The number of fused-ring (bicyclic) bond motifs is 3. The summed E-state index contributed by atoms with van der Waals surface area (Å²) in [6, 6.07) is 21.0. The summed E-state index contributed by atoms with van der Waals surface area (Å²) in [4.78, 5) is 0. The third kappa shape index (κ3) is 3.95. The first-order valence-corrected chi connectivity index (χ1v) is 11.3. The van der Waals surface area contributed by atoms with Crippen LogP contribution in [0.25, 0.3) is 44.3 Å². The van der Waals surface area contributed by atoms with Crippen LogP contribution in [0.4, 0.5) is 0 Å². The molecule has 0 saturated heterocycles. The molecule has 2 aromatic heterocycles. The monoisotopic (exact) mass is 439 g/mol. The number of aromatic nitrogens is 1. The summed E-state index contributed by atoms with van der Waals surface area (Å²) in [7, 11) is 1.96. The Balaban J connectivity index is 1.74. The zero-order chi connectivity index (χ0) is 27.6. The maximum atomic E-state index is 8.69. The molecule has 166 valence electrons. The molecule has 33 heavy (non-hydrogen) atoms. The summed E-state index contributed by atoms with van der Waals surface area (Å²) in [5.74, 6) is 0. The van der Waals surface area contributed by atoms with E-state index in [2.05, 4.69) is 18.2 Å². The molecule has 0 aliphatic rings. The molecule has 0 N–H and O–H groups in total. The highest BCUT2D eigenvalue weighted by Crippen LogP contribution is 2.38. The highest BCUT2D eigenvalue weighted by atomic mass is 16.3. The molecule has 0 bridgehead atoms. The third-order valence-electron chi connectivity index (χ3n) is 6.01. The van der Waals surface area contributed by atoms with Crippen LogP contribution in [0.2, 0.25) is 0 Å². The van der Waals surface area contributed by atoms with Crippen molar-refractivity contribution in [3.63, 3.8) is 0 Å². The molecule has 0 unspecified atom stereocenters. The molecule has 5 aromatic rings. The Hall–Kier alpha value is -3.39. The van der Waals surface area contributed by atoms with E-state index in [0.717, 1.165) is 44.3 Å². The SMILES string of the molecule is [2H]C([2H])([2H])c1cc(C([2H])([2H])C(C)(C)C)ccc1-c1cc[n+](C)c(-c2c(C)ccc3c2oc2ccccc23)c1. The number of nitrogens with zero attached hydrogens (tertiary/aromatic N) is 1. The van der Waals surface area contributed by atoms with Gasteiger partial charge in [-0.25, -0.2) is 4.57 Å². The molecule has 0 amide bonds. The molecule has 3 aromatic carbocycles. The lowest BCUT2D eigenvalue weighted by Gasteiger charge is -2.19. The fraction of sp³-hybridized carbons (Fsp3) is 0.258. The van der Waals surface area contributed by atoms with Crippen LogP contribution in [-0.2, 0) is 13.4 Å². The van der Waals surface area contributed by atoms with E-state index < -0.39 is 18.6 Å². The van der Waals surface area contributed by atoms with Gasteiger partial charge in [0.25, 0.3) is 0 Å². The van der Waals surface area contributed by atoms with Crippen LogP contribution in [0.3, 0.4) is 0 Å². The minimum absolute atomic E-state index is 0.140. The lowest BCUT2D eigenvalue weighted by atomic mass is 9.86. The molecular weight excluding hydrogens is 402 g/mol. The average molecular weight is 440 g/mol. The summed E-state index contributed by atoms with van der Waals surface area (Å²) in [6.07, 6.45) is 0.227. The zero-order valence-electron chi connectivity index (χ0n) is 24.8. The lowest BCUT2D eigenvalue weighted by molar-refractivity contribution is -0.660. The van der Waals surface area contributed by atoms with E-state index in [9.17, 15) is 0 Å². The first-order valence-electron chi connectivity index (χ1n) is 13.8. The van der Waals surface area contributed by atoms with E-state index >= 15 is 0 Å². The van der Waals surface area contributed by atoms with Gasteiger partial charge in [-0.05, 0) is 59.4 Å². The van der Waals surface area contributed by atoms with E-state index in [4.69, 9.17) is 11.3 Å². The molecule has 0 aliphatic heterocycles. The van der Waals surface area contributed by atoms with Crippen LogP contribution >= 0.6 is 0 Å². The number of pyridine rings is 1. The van der Waals surface area contributed by atoms with Gasteiger partial charge in [0.15, 0.2) is 6.20 Å². The summed E-state index contributed by atoms with van der Waals surface area (Å²) in [6.45, 7) is 5.10. The minimum atomic E-state index is -2.41.